The van der Waals surface area contributed by atoms with Gasteiger partial charge in [-0.05, 0) is 0 Å². The van der Waals surface area contributed by atoms with E-state index in [1.807, 2.05) is 0 Å². The summed E-state index contributed by atoms with van der Waals surface area (Å²) in [6, 6.07) is 23.2. The summed E-state index contributed by atoms with van der Waals surface area (Å²) in [5, 5.41) is 3.05. The molecule has 3 heteroatoms. The fourth-order valence-corrected chi connectivity index (χ4v) is 11.1. The first kappa shape index (κ1) is 12.5. The molecule has 0 nitrogen and oxygen atoms in total. The van der Waals surface area contributed by atoms with E-state index in [4.69, 9.17) is 0 Å². The Morgan fingerprint density at radius 3 is 1.59 bits per heavy atom. The predicted octanol–water partition coefficient (Wildman–Crippen LogP) is 1.55. The van der Waals surface area contributed by atoms with Gasteiger partial charge in [0.2, 0.25) is 0 Å². The summed E-state index contributed by atoms with van der Waals surface area (Å²) in [5.74, 6) is 0. The van der Waals surface area contributed by atoms with Crippen LogP contribution >= 0.6 is 0 Å². The summed E-state index contributed by atoms with van der Waals surface area (Å²) < 4.78 is 0. The zero-order valence-electron chi connectivity index (χ0n) is 9.98. The van der Waals surface area contributed by atoms with Crippen molar-refractivity contribution < 1.29 is 0 Å². The Hall–Kier alpha value is -0.909. The Labute approximate surface area is 110 Å². The van der Waals surface area contributed by atoms with Crippen LogP contribution in [0.15, 0.2) is 60.7 Å². The zero-order chi connectivity index (χ0) is 12.1. The van der Waals surface area contributed by atoms with Crippen LogP contribution in [0.3, 0.4) is 0 Å². The summed E-state index contributed by atoms with van der Waals surface area (Å²) in [4.78, 5) is 0. The highest BCUT2D eigenvalue weighted by atomic mass is 29.6. The standard InChI is InChI=1S/C14H15Si3/c1-2-16(15)17(13-9-5-3-6-10-13)14-11-7-4-8-12-14/h3-12H,2H2,1H3. The van der Waals surface area contributed by atoms with E-state index in [9.17, 15) is 0 Å². The zero-order valence-corrected chi connectivity index (χ0v) is 13.0. The quantitative estimate of drug-likeness (QED) is 0.738. The molecule has 0 atom stereocenters. The molecular weight excluding hydrogens is 252 g/mol. The molecule has 0 unspecified atom stereocenters. The van der Waals surface area contributed by atoms with Crippen molar-refractivity contribution in [1.82, 2.24) is 0 Å². The summed E-state index contributed by atoms with van der Waals surface area (Å²) in [5.41, 5.74) is 0. The summed E-state index contributed by atoms with van der Waals surface area (Å²) >= 11 is 0. The first-order valence-electron chi connectivity index (χ1n) is 5.88. The lowest BCUT2D eigenvalue weighted by Gasteiger charge is -2.20. The Morgan fingerprint density at radius 2 is 1.24 bits per heavy atom. The third-order valence-corrected chi connectivity index (χ3v) is 13.8. The molecule has 0 aliphatic heterocycles. The number of hydrogen-bond donors (Lipinski definition) is 0. The van der Waals surface area contributed by atoms with Gasteiger partial charge in [-0.3, -0.25) is 0 Å². The monoisotopic (exact) mass is 267 g/mol. The van der Waals surface area contributed by atoms with Gasteiger partial charge in [0.05, 0.1) is 0 Å². The van der Waals surface area contributed by atoms with Crippen LogP contribution in [0.25, 0.3) is 0 Å². The maximum atomic E-state index is 4.02. The van der Waals surface area contributed by atoms with Crippen molar-refractivity contribution in [2.75, 3.05) is 0 Å². The molecule has 0 spiro atoms. The van der Waals surface area contributed by atoms with Gasteiger partial charge in [0, 0.05) is 17.6 Å². The van der Waals surface area contributed by atoms with Crippen molar-refractivity contribution in [1.29, 1.82) is 0 Å². The van der Waals surface area contributed by atoms with E-state index in [0.29, 0.717) is 0 Å². The van der Waals surface area contributed by atoms with Crippen molar-refractivity contribution >= 4 is 36.3 Å². The van der Waals surface area contributed by atoms with Crippen molar-refractivity contribution in [3.05, 3.63) is 60.7 Å². The normalized spacial score (nSPS) is 11.1. The molecule has 17 heavy (non-hydrogen) atoms. The van der Waals surface area contributed by atoms with Crippen LogP contribution in [-0.2, 0) is 0 Å². The second-order valence-corrected chi connectivity index (χ2v) is 14.1. The molecule has 2 rings (SSSR count). The largest absolute Gasteiger partial charge is 0.106 e. The minimum atomic E-state index is -0.613. The minimum absolute atomic E-state index is 0.465. The molecule has 2 aromatic rings. The molecule has 0 aliphatic rings. The maximum absolute atomic E-state index is 4.02. The van der Waals surface area contributed by atoms with Crippen LogP contribution < -0.4 is 10.4 Å². The fourth-order valence-electron chi connectivity index (χ4n) is 1.90. The van der Waals surface area contributed by atoms with Gasteiger partial charge >= 0.3 is 0 Å². The highest BCUT2D eigenvalue weighted by Crippen LogP contribution is 1.98. The van der Waals surface area contributed by atoms with Crippen molar-refractivity contribution in [3.63, 3.8) is 0 Å². The molecule has 0 aliphatic carbocycles. The van der Waals surface area contributed by atoms with Crippen LogP contribution in [0.2, 0.25) is 6.04 Å². The third kappa shape index (κ3) is 3.06. The second kappa shape index (κ2) is 6.14. The van der Waals surface area contributed by atoms with Crippen molar-refractivity contribution in [2.45, 2.75) is 13.0 Å². The van der Waals surface area contributed by atoms with E-state index >= 15 is 0 Å². The van der Waals surface area contributed by atoms with Gasteiger partial charge in [0.25, 0.3) is 0 Å². The average molecular weight is 268 g/mol. The van der Waals surface area contributed by atoms with E-state index in [1.165, 1.54) is 16.4 Å². The molecule has 2 aromatic carbocycles. The van der Waals surface area contributed by atoms with Gasteiger partial charge in [-0.2, -0.15) is 0 Å². The van der Waals surface area contributed by atoms with E-state index in [2.05, 4.69) is 77.3 Å². The van der Waals surface area contributed by atoms with Gasteiger partial charge < -0.3 is 0 Å². The van der Waals surface area contributed by atoms with Gasteiger partial charge in [-0.1, -0.05) is 84.0 Å². The summed E-state index contributed by atoms with van der Waals surface area (Å²) in [6.07, 6.45) is 0. The van der Waals surface area contributed by atoms with Gasteiger partial charge in [0.1, 0.15) is 8.31 Å². The topological polar surface area (TPSA) is 0 Å². The highest BCUT2D eigenvalue weighted by Gasteiger charge is 2.23. The molecule has 5 radical (unpaired) electrons. The summed E-state index contributed by atoms with van der Waals surface area (Å²) in [7, 11) is 2.94. The van der Waals surface area contributed by atoms with Crippen LogP contribution in [0.1, 0.15) is 6.92 Å². The minimum Gasteiger partial charge on any atom is -0.0684 e. The first-order valence-corrected chi connectivity index (χ1v) is 11.6. The predicted molar refractivity (Wildman–Crippen MR) is 79.9 cm³/mol. The average Bonchev–Trinajstić information content (AvgIpc) is 2.41. The van der Waals surface area contributed by atoms with Crippen molar-refractivity contribution in [3.8, 4) is 0 Å². The Kier molecular flexibility index (Phi) is 4.53. The fraction of sp³-hybridized carbons (Fsp3) is 0.143. The highest BCUT2D eigenvalue weighted by molar-refractivity contribution is 7.48. The third-order valence-electron chi connectivity index (χ3n) is 2.78. The molecule has 0 aromatic heterocycles. The lowest BCUT2D eigenvalue weighted by Crippen LogP contribution is -2.54. The van der Waals surface area contributed by atoms with Gasteiger partial charge in [-0.15, -0.1) is 0 Å². The van der Waals surface area contributed by atoms with Crippen LogP contribution in [0.4, 0.5) is 0 Å². The van der Waals surface area contributed by atoms with E-state index in [0.717, 1.165) is 0 Å². The molecule has 0 saturated heterocycles. The molecule has 83 valence electrons. The Morgan fingerprint density at radius 1 is 0.824 bits per heavy atom. The Balaban J connectivity index is 2.39. The van der Waals surface area contributed by atoms with Gasteiger partial charge in [0.15, 0.2) is 0 Å². The van der Waals surface area contributed by atoms with Crippen molar-refractivity contribution in [2.24, 2.45) is 0 Å². The number of hydrogen-bond acceptors (Lipinski definition) is 0. The molecular formula is C14H15Si3. The Bertz CT molecular complexity index is 402. The van der Waals surface area contributed by atoms with Crippen LogP contribution in [0.5, 0.6) is 0 Å². The maximum Gasteiger partial charge on any atom is 0.106 e. The SMILES string of the molecule is CC[Si]([Si])[Si](c1ccccc1)c1ccccc1. The van der Waals surface area contributed by atoms with E-state index in [-0.39, 0.29) is 0 Å². The lowest BCUT2D eigenvalue weighted by molar-refractivity contribution is 1.46. The molecule has 0 fully saturated rings. The molecule has 0 N–H and O–H groups in total. The smallest absolute Gasteiger partial charge is 0.0684 e. The molecule has 0 saturated carbocycles. The van der Waals surface area contributed by atoms with Gasteiger partial charge in [-0.25, -0.2) is 0 Å². The van der Waals surface area contributed by atoms with E-state index in [1.54, 1.807) is 0 Å². The molecule has 0 amide bonds. The molecule has 0 bridgehead atoms. The van der Waals surface area contributed by atoms with Crippen LogP contribution in [-0.4, -0.2) is 25.9 Å². The number of rotatable bonds is 4. The second-order valence-electron chi connectivity index (χ2n) is 3.94. The van der Waals surface area contributed by atoms with Crippen LogP contribution in [0, 0.1) is 0 Å². The summed E-state index contributed by atoms with van der Waals surface area (Å²) in [6.45, 7) is 2.29. The lowest BCUT2D eigenvalue weighted by atomic mass is 10.4. The number of benzene rings is 2. The molecule has 0 heterocycles. The first-order chi connectivity index (χ1) is 8.33. The van der Waals surface area contributed by atoms with E-state index < -0.39 is 16.1 Å².